The maximum absolute atomic E-state index is 9.93. The van der Waals surface area contributed by atoms with E-state index in [1.165, 1.54) is 4.88 Å². The zero-order valence-corrected chi connectivity index (χ0v) is 12.6. The zero-order valence-electron chi connectivity index (χ0n) is 10.2. The molecular weight excluding hydrogens is 310 g/mol. The van der Waals surface area contributed by atoms with Crippen LogP contribution in [0.4, 0.5) is 0 Å². The standard InChI is InChI=1S/C14H16BrNOS/c1-2-12(13-7-4-8-18-13)16-9-10-5-3-6-11(15)14(10)17/h3-8,12,16-17H,2,9H2,1H3. The molecule has 0 fully saturated rings. The molecule has 0 aliphatic carbocycles. The van der Waals surface area contributed by atoms with Gasteiger partial charge >= 0.3 is 0 Å². The van der Waals surface area contributed by atoms with E-state index in [1.54, 1.807) is 11.3 Å². The van der Waals surface area contributed by atoms with Gasteiger partial charge < -0.3 is 10.4 Å². The van der Waals surface area contributed by atoms with Crippen LogP contribution in [0.5, 0.6) is 5.75 Å². The number of phenolic OH excluding ortho intramolecular Hbond substituents is 1. The fourth-order valence-electron chi connectivity index (χ4n) is 1.87. The van der Waals surface area contributed by atoms with Crippen molar-refractivity contribution in [1.82, 2.24) is 5.32 Å². The summed E-state index contributed by atoms with van der Waals surface area (Å²) in [6.07, 6.45) is 1.04. The quantitative estimate of drug-likeness (QED) is 0.850. The molecule has 2 rings (SSSR count). The number of nitrogens with one attached hydrogen (secondary N) is 1. The van der Waals surface area contributed by atoms with Crippen LogP contribution in [0, 0.1) is 0 Å². The first-order valence-electron chi connectivity index (χ1n) is 5.95. The molecule has 2 nitrogen and oxygen atoms in total. The Morgan fingerprint density at radius 1 is 1.33 bits per heavy atom. The molecule has 0 saturated heterocycles. The van der Waals surface area contributed by atoms with Crippen LogP contribution in [0.3, 0.4) is 0 Å². The molecule has 18 heavy (non-hydrogen) atoms. The second-order valence-corrected chi connectivity index (χ2v) is 5.94. The van der Waals surface area contributed by atoms with Gasteiger partial charge in [-0.05, 0) is 39.9 Å². The number of hydrogen-bond acceptors (Lipinski definition) is 3. The van der Waals surface area contributed by atoms with Gasteiger partial charge in [-0.2, -0.15) is 0 Å². The first-order valence-corrected chi connectivity index (χ1v) is 7.62. The van der Waals surface area contributed by atoms with Gasteiger partial charge in [-0.25, -0.2) is 0 Å². The predicted molar refractivity (Wildman–Crippen MR) is 80.0 cm³/mol. The van der Waals surface area contributed by atoms with Crippen molar-refractivity contribution in [3.8, 4) is 5.75 Å². The smallest absolute Gasteiger partial charge is 0.134 e. The van der Waals surface area contributed by atoms with Crippen LogP contribution in [0.15, 0.2) is 40.2 Å². The first kappa shape index (κ1) is 13.6. The number of aromatic hydroxyl groups is 1. The molecule has 1 unspecified atom stereocenters. The topological polar surface area (TPSA) is 32.3 Å². The van der Waals surface area contributed by atoms with E-state index >= 15 is 0 Å². The number of halogens is 1. The molecule has 1 aromatic heterocycles. The fourth-order valence-corrected chi connectivity index (χ4v) is 3.16. The van der Waals surface area contributed by atoms with Gasteiger partial charge in [0, 0.05) is 23.0 Å². The Kier molecular flexibility index (Phi) is 4.80. The average Bonchev–Trinajstić information content (AvgIpc) is 2.89. The Labute approximate surface area is 120 Å². The van der Waals surface area contributed by atoms with Crippen molar-refractivity contribution in [3.05, 3.63) is 50.6 Å². The number of benzene rings is 1. The Morgan fingerprint density at radius 2 is 2.17 bits per heavy atom. The van der Waals surface area contributed by atoms with Gasteiger partial charge in [-0.15, -0.1) is 11.3 Å². The lowest BCUT2D eigenvalue weighted by atomic mass is 10.1. The summed E-state index contributed by atoms with van der Waals surface area (Å²) in [6.45, 7) is 2.83. The van der Waals surface area contributed by atoms with Crippen LogP contribution >= 0.6 is 27.3 Å². The molecule has 2 aromatic rings. The van der Waals surface area contributed by atoms with Crippen molar-refractivity contribution >= 4 is 27.3 Å². The van der Waals surface area contributed by atoms with E-state index in [0.717, 1.165) is 16.5 Å². The summed E-state index contributed by atoms with van der Waals surface area (Å²) in [5, 5.41) is 15.5. The van der Waals surface area contributed by atoms with Crippen LogP contribution in [-0.2, 0) is 6.54 Å². The van der Waals surface area contributed by atoms with Gasteiger partial charge in [0.25, 0.3) is 0 Å². The van der Waals surface area contributed by atoms with Crippen LogP contribution in [-0.4, -0.2) is 5.11 Å². The third-order valence-electron chi connectivity index (χ3n) is 2.90. The summed E-state index contributed by atoms with van der Waals surface area (Å²) in [7, 11) is 0. The van der Waals surface area contributed by atoms with Crippen molar-refractivity contribution in [3.63, 3.8) is 0 Å². The highest BCUT2D eigenvalue weighted by molar-refractivity contribution is 9.10. The SMILES string of the molecule is CCC(NCc1cccc(Br)c1O)c1cccs1. The zero-order chi connectivity index (χ0) is 13.0. The summed E-state index contributed by atoms with van der Waals surface area (Å²) >= 11 is 5.10. The molecule has 0 spiro atoms. The minimum atomic E-state index is 0.325. The minimum absolute atomic E-state index is 0.325. The number of para-hydroxylation sites is 1. The molecule has 1 aromatic carbocycles. The molecule has 0 saturated carbocycles. The highest BCUT2D eigenvalue weighted by Crippen LogP contribution is 2.28. The van der Waals surface area contributed by atoms with E-state index in [2.05, 4.69) is 45.7 Å². The van der Waals surface area contributed by atoms with Crippen LogP contribution in [0.25, 0.3) is 0 Å². The number of thiophene rings is 1. The van der Waals surface area contributed by atoms with E-state index in [1.807, 2.05) is 18.2 Å². The maximum atomic E-state index is 9.93. The molecule has 2 N–H and O–H groups in total. The van der Waals surface area contributed by atoms with E-state index < -0.39 is 0 Å². The fraction of sp³-hybridized carbons (Fsp3) is 0.286. The summed E-state index contributed by atoms with van der Waals surface area (Å²) in [6, 6.07) is 10.3. The number of phenols is 1. The van der Waals surface area contributed by atoms with Gasteiger partial charge in [-0.1, -0.05) is 25.1 Å². The molecular formula is C14H16BrNOS. The average molecular weight is 326 g/mol. The molecule has 0 bridgehead atoms. The summed E-state index contributed by atoms with van der Waals surface area (Å²) in [5.41, 5.74) is 0.916. The molecule has 0 radical (unpaired) electrons. The Morgan fingerprint density at radius 3 is 2.83 bits per heavy atom. The lowest BCUT2D eigenvalue weighted by Crippen LogP contribution is -2.19. The summed E-state index contributed by atoms with van der Waals surface area (Å²) in [4.78, 5) is 1.34. The van der Waals surface area contributed by atoms with Crippen molar-refractivity contribution < 1.29 is 5.11 Å². The van der Waals surface area contributed by atoms with Crippen molar-refractivity contribution in [1.29, 1.82) is 0 Å². The largest absolute Gasteiger partial charge is 0.506 e. The van der Waals surface area contributed by atoms with Crippen molar-refractivity contribution in [2.24, 2.45) is 0 Å². The lowest BCUT2D eigenvalue weighted by Gasteiger charge is -2.16. The molecule has 0 amide bonds. The number of hydrogen-bond donors (Lipinski definition) is 2. The molecule has 96 valence electrons. The Balaban J connectivity index is 2.04. The van der Waals surface area contributed by atoms with E-state index in [0.29, 0.717) is 18.3 Å². The highest BCUT2D eigenvalue weighted by Gasteiger charge is 2.11. The van der Waals surface area contributed by atoms with Gasteiger partial charge in [0.05, 0.1) is 4.47 Å². The van der Waals surface area contributed by atoms with Gasteiger partial charge in [0.15, 0.2) is 0 Å². The van der Waals surface area contributed by atoms with Gasteiger partial charge in [-0.3, -0.25) is 0 Å². The second-order valence-electron chi connectivity index (χ2n) is 4.10. The highest BCUT2D eigenvalue weighted by atomic mass is 79.9. The molecule has 1 heterocycles. The minimum Gasteiger partial charge on any atom is -0.506 e. The van der Waals surface area contributed by atoms with Crippen molar-refractivity contribution in [2.75, 3.05) is 0 Å². The van der Waals surface area contributed by atoms with E-state index in [9.17, 15) is 5.11 Å². The Bertz CT molecular complexity index is 499. The summed E-state index contributed by atoms with van der Waals surface area (Å²) < 4.78 is 0.742. The summed E-state index contributed by atoms with van der Waals surface area (Å²) in [5.74, 6) is 0.325. The lowest BCUT2D eigenvalue weighted by molar-refractivity contribution is 0.453. The third-order valence-corrected chi connectivity index (χ3v) is 4.53. The van der Waals surface area contributed by atoms with Gasteiger partial charge in [0.2, 0.25) is 0 Å². The molecule has 0 aliphatic rings. The monoisotopic (exact) mass is 325 g/mol. The second kappa shape index (κ2) is 6.36. The normalized spacial score (nSPS) is 12.6. The first-order chi connectivity index (χ1) is 8.72. The van der Waals surface area contributed by atoms with Crippen molar-refractivity contribution in [2.45, 2.75) is 25.9 Å². The molecule has 1 atom stereocenters. The van der Waals surface area contributed by atoms with Crippen LogP contribution in [0.1, 0.15) is 29.8 Å². The van der Waals surface area contributed by atoms with E-state index in [4.69, 9.17) is 0 Å². The third kappa shape index (κ3) is 3.13. The maximum Gasteiger partial charge on any atom is 0.134 e. The van der Waals surface area contributed by atoms with Crippen LogP contribution < -0.4 is 5.32 Å². The molecule has 4 heteroatoms. The predicted octanol–water partition coefficient (Wildman–Crippen LogP) is 4.46. The van der Waals surface area contributed by atoms with Gasteiger partial charge in [0.1, 0.15) is 5.75 Å². The van der Waals surface area contributed by atoms with Crippen LogP contribution in [0.2, 0.25) is 0 Å². The molecule has 0 aliphatic heterocycles. The Hall–Kier alpha value is -0.840. The number of rotatable bonds is 5. The van der Waals surface area contributed by atoms with E-state index in [-0.39, 0.29) is 0 Å².